The van der Waals surface area contributed by atoms with Crippen LogP contribution in [0.3, 0.4) is 0 Å². The first-order valence-electron chi connectivity index (χ1n) is 41.8. The molecule has 0 radical (unpaired) electrons. The summed E-state index contributed by atoms with van der Waals surface area (Å²) in [6.07, 6.45) is 26.7. The molecule has 6 aliphatic heterocycles. The Morgan fingerprint density at radius 1 is 0.444 bits per heavy atom. The van der Waals surface area contributed by atoms with Crippen LogP contribution in [0, 0.1) is 0 Å². The lowest BCUT2D eigenvalue weighted by molar-refractivity contribution is -0.141. The van der Waals surface area contributed by atoms with Gasteiger partial charge in [0, 0.05) is 121 Å². The Labute approximate surface area is 734 Å². The number of hydrogen-bond acceptors (Lipinski definition) is 12. The van der Waals surface area contributed by atoms with Crippen LogP contribution in [0.25, 0.3) is 40.0 Å². The molecule has 9 aromatic rings. The molecule has 2 amide bonds. The molecule has 8 aromatic carbocycles. The quantitative estimate of drug-likeness (QED) is 0.0630. The minimum Gasteiger partial charge on any atom is -0.462 e. The van der Waals surface area contributed by atoms with E-state index in [1.165, 1.54) is 65.5 Å². The maximum Gasteiger partial charge on any atom is 0.278 e. The van der Waals surface area contributed by atoms with Crippen molar-refractivity contribution in [2.24, 2.45) is 0 Å². The van der Waals surface area contributed by atoms with E-state index in [1.807, 2.05) is 51.2 Å². The number of amides is 2. The lowest BCUT2D eigenvalue weighted by Crippen LogP contribution is -2.44. The van der Waals surface area contributed by atoms with Crippen LogP contribution in [0.2, 0.25) is 0 Å². The number of aromatic nitrogens is 1. The number of allylic oxidation sites excluding steroid dienone is 17. The maximum atomic E-state index is 13.1. The molecule has 1 fully saturated rings. The Kier molecular flexibility index (Phi) is 28.1. The van der Waals surface area contributed by atoms with E-state index in [0.29, 0.717) is 85.5 Å². The molecule has 124 heavy (non-hydrogen) atoms. The zero-order valence-electron chi connectivity index (χ0n) is 71.1. The molecule has 0 saturated carbocycles. The zero-order valence-corrected chi connectivity index (χ0v) is 71.1. The van der Waals surface area contributed by atoms with Crippen molar-refractivity contribution in [2.75, 3.05) is 62.0 Å². The zero-order chi connectivity index (χ0) is 84.6. The monoisotopic (exact) mass is 1660 g/mol. The van der Waals surface area contributed by atoms with E-state index >= 15 is 0 Å². The average Bonchev–Trinajstić information content (AvgIpc) is 1.33. The van der Waals surface area contributed by atoms with Crippen molar-refractivity contribution in [2.45, 2.75) is 161 Å². The predicted octanol–water partition coefficient (Wildman–Crippen LogP) is 24.9. The second kappa shape index (κ2) is 38.1. The largest absolute Gasteiger partial charge is 0.462 e. The molecule has 0 N–H and O–H groups in total. The number of para-hydroxylation sites is 2. The first kappa shape index (κ1) is 91.6. The highest BCUT2D eigenvalue weighted by Crippen LogP contribution is 2.50. The first-order valence-corrected chi connectivity index (χ1v) is 41.8. The minimum atomic E-state index is -0.305. The van der Waals surface area contributed by atoms with E-state index in [2.05, 4.69) is 221 Å². The summed E-state index contributed by atoms with van der Waals surface area (Å²) in [5, 5.41) is 5.32. The van der Waals surface area contributed by atoms with Gasteiger partial charge in [0.25, 0.3) is 11.8 Å². The topological polar surface area (TPSA) is 151 Å². The van der Waals surface area contributed by atoms with E-state index in [4.69, 9.17) is 14.2 Å². The Morgan fingerprint density at radius 2 is 0.815 bits per heavy atom. The van der Waals surface area contributed by atoms with E-state index in [-0.39, 0.29) is 92.2 Å². The number of likely N-dealkylation sites (N-methyl/N-ethyl adjacent to an activating group) is 2. The minimum absolute atomic E-state index is 0. The number of hydrazine groups is 1. The number of ether oxygens (including phenoxy) is 3. The van der Waals surface area contributed by atoms with Crippen molar-refractivity contribution in [1.29, 1.82) is 0 Å². The van der Waals surface area contributed by atoms with Crippen LogP contribution in [0.5, 0.6) is 0 Å². The molecule has 2 unspecified atom stereocenters. The molecule has 8 aliphatic rings. The highest BCUT2D eigenvalue weighted by Gasteiger charge is 2.42. The number of anilines is 3. The summed E-state index contributed by atoms with van der Waals surface area (Å²) in [5.41, 5.74) is 19.5. The predicted molar refractivity (Wildman–Crippen MR) is 510 cm³/mol. The van der Waals surface area contributed by atoms with Crippen molar-refractivity contribution in [3.8, 4) is 0 Å². The van der Waals surface area contributed by atoms with Crippen molar-refractivity contribution < 1.29 is 43.0 Å². The van der Waals surface area contributed by atoms with Crippen LogP contribution in [0.15, 0.2) is 305 Å². The fourth-order valence-corrected chi connectivity index (χ4v) is 17.6. The van der Waals surface area contributed by atoms with Gasteiger partial charge in [0.2, 0.25) is 0 Å². The van der Waals surface area contributed by atoms with Gasteiger partial charge < -0.3 is 33.5 Å². The van der Waals surface area contributed by atoms with E-state index in [0.717, 1.165) is 80.8 Å². The molecule has 2 aliphatic carbocycles. The fourth-order valence-electron chi connectivity index (χ4n) is 17.6. The average molecular weight is 1660 g/mol. The third-order valence-corrected chi connectivity index (χ3v) is 24.5. The first-order chi connectivity index (χ1) is 57.7. The van der Waals surface area contributed by atoms with Crippen molar-refractivity contribution in [1.82, 2.24) is 14.6 Å². The Balaban J connectivity index is 0.000000187. The van der Waals surface area contributed by atoms with Crippen molar-refractivity contribution >= 4 is 92.0 Å². The summed E-state index contributed by atoms with van der Waals surface area (Å²) < 4.78 is 20.3. The van der Waals surface area contributed by atoms with Crippen LogP contribution in [0.1, 0.15) is 224 Å². The molecule has 1 saturated heterocycles. The standard InChI is InChI=1S/C49H44N2O3.C29H35N3O3.C27H25NO3.4CH4/c1-5-38(51-45-16-10-8-12-41(45)42-13-9-11-17-46(42)51)28-32(2)36-23-18-35(19-24-36)31-50(4)39-25-20-34(21-26-39)22-27-40-30-37(29-33(3)54-40)47-48(52)43-14-6-7-15-44(43)49(47)53;1-18-14-20(24-26(33)30(6)31(7)27(24)34)17-21(35-18)9-8-19-15-22-25-23(16-19)29(4,5)11-13-32(25)12-10-28(22,2)3;1-4-28(5-2)21-13-10-19(11-14-21)12-15-22-17-20(16-18(3)31-22)25-26(29)23-8-6-7-9-24(23)27(25)30;;;;/h6-27,29-30,32,38H,5,28,31H2,1-4H3;8-9,14-17H,10-13H2,1-7H3;6-17H,4-5H2,1-3H3;4*1H4/b27-22+;9-8+;15-12+;;;;. The number of hydrogen-bond donors (Lipinski definition) is 0. The van der Waals surface area contributed by atoms with Gasteiger partial charge in [0.1, 0.15) is 40.1 Å². The smallest absolute Gasteiger partial charge is 0.278 e. The highest BCUT2D eigenvalue weighted by atomic mass is 16.5. The number of nitrogens with zero attached hydrogens (tertiary/aromatic N) is 6. The number of carbonyl (C=O) groups is 6. The van der Waals surface area contributed by atoms with Gasteiger partial charge in [0.15, 0.2) is 23.1 Å². The number of Topliss-reactive ketones (excluding diaryl/α,β-unsaturated/α-hetero) is 4. The summed E-state index contributed by atoms with van der Waals surface area (Å²) >= 11 is 0. The summed E-state index contributed by atoms with van der Waals surface area (Å²) in [4.78, 5) is 84.3. The summed E-state index contributed by atoms with van der Waals surface area (Å²) in [7, 11) is 5.31. The van der Waals surface area contributed by atoms with Crippen molar-refractivity contribution in [3.05, 3.63) is 366 Å². The van der Waals surface area contributed by atoms with Crippen LogP contribution >= 0.6 is 0 Å². The molecular weight excluding hydrogens is 1540 g/mol. The van der Waals surface area contributed by atoms with E-state index < -0.39 is 0 Å². The normalized spacial score (nSPS) is 17.1. The third-order valence-electron chi connectivity index (χ3n) is 24.5. The molecule has 1 aromatic heterocycles. The summed E-state index contributed by atoms with van der Waals surface area (Å²) in [6.45, 7) is 28.8. The summed E-state index contributed by atoms with van der Waals surface area (Å²) in [6, 6.07) is 62.5. The number of rotatable bonds is 17. The summed E-state index contributed by atoms with van der Waals surface area (Å²) in [5.74, 6) is 2.56. The fraction of sp³-hybridized carbons (Fsp3) is 0.284. The van der Waals surface area contributed by atoms with Crippen LogP contribution < -0.4 is 14.7 Å². The van der Waals surface area contributed by atoms with E-state index in [1.54, 1.807) is 99.1 Å². The van der Waals surface area contributed by atoms with Crippen LogP contribution in [0.4, 0.5) is 17.1 Å². The van der Waals surface area contributed by atoms with Gasteiger partial charge in [-0.1, -0.05) is 223 Å². The van der Waals surface area contributed by atoms with Gasteiger partial charge in [-0.05, 0) is 236 Å². The molecule has 0 bridgehead atoms. The highest BCUT2D eigenvalue weighted by molar-refractivity contribution is 6.41. The number of ketones is 4. The molecule has 17 rings (SSSR count). The molecule has 640 valence electrons. The Bertz CT molecular complexity index is 5880. The van der Waals surface area contributed by atoms with Gasteiger partial charge >= 0.3 is 0 Å². The number of fused-ring (bicyclic) bond motifs is 5. The molecule has 15 nitrogen and oxygen atoms in total. The SMILES string of the molecule is C.C.C.C.CC1=CC(=C2C(=O)N(C)N(C)C2=O)C=C(/C=C/c2cc3c4c(c2)C(C)(C)CCN4CCC3(C)C)O1.CCC(CC(C)c1ccc(CN(C)c2ccc(/C=C/C3=CC(=C4C(=O)c5ccccc5C4=O)C=C(C)O3)cc2)cc1)n1c2ccccc2c2ccccc21.CCN(CC)c1ccc(/C=C/C2=CC(=C3C(=O)c4ccccc4C3=O)C=C(C)O2)cc1. The molecule has 15 heteroatoms. The van der Waals surface area contributed by atoms with Crippen molar-refractivity contribution in [3.63, 3.8) is 0 Å². The van der Waals surface area contributed by atoms with Gasteiger partial charge in [-0.25, -0.2) is 0 Å². The van der Waals surface area contributed by atoms with Crippen LogP contribution in [-0.2, 0) is 41.2 Å². The second-order valence-electron chi connectivity index (χ2n) is 33.5. The number of benzene rings is 8. The molecular formula is C109H120N6O9. The van der Waals surface area contributed by atoms with Crippen LogP contribution in [-0.4, -0.2) is 96.9 Å². The Hall–Kier alpha value is -13.1. The van der Waals surface area contributed by atoms with Gasteiger partial charge in [-0.15, -0.1) is 0 Å². The lowest BCUT2D eigenvalue weighted by Gasteiger charge is -2.48. The van der Waals surface area contributed by atoms with Gasteiger partial charge in [-0.3, -0.25) is 38.8 Å². The molecule has 0 spiro atoms. The molecule has 2 atom stereocenters. The second-order valence-corrected chi connectivity index (χ2v) is 33.5. The lowest BCUT2D eigenvalue weighted by atomic mass is 9.69. The van der Waals surface area contributed by atoms with Gasteiger partial charge in [-0.2, -0.15) is 0 Å². The molecule has 7 heterocycles. The van der Waals surface area contributed by atoms with Gasteiger partial charge in [0.05, 0.1) is 11.1 Å². The Morgan fingerprint density at radius 3 is 1.21 bits per heavy atom. The van der Waals surface area contributed by atoms with E-state index in [9.17, 15) is 28.8 Å². The third kappa shape index (κ3) is 18.5. The maximum absolute atomic E-state index is 13.1. The number of carbonyl (C=O) groups excluding carboxylic acids is 6.